The van der Waals surface area contributed by atoms with Crippen molar-refractivity contribution >= 4 is 23.2 Å². The van der Waals surface area contributed by atoms with Crippen LogP contribution in [0, 0.1) is 5.82 Å². The molecule has 0 saturated carbocycles. The van der Waals surface area contributed by atoms with E-state index in [1.807, 2.05) is 19.0 Å². The number of anilines is 1. The molecule has 0 saturated heterocycles. The first kappa shape index (κ1) is 14.7. The zero-order valence-electron chi connectivity index (χ0n) is 10.3. The predicted molar refractivity (Wildman–Crippen MR) is 69.4 cm³/mol. The van der Waals surface area contributed by atoms with Crippen LogP contribution in [0.5, 0.6) is 0 Å². The standard InChI is InChI=1S/C11H16ClFN4O/c1-17(2)5-3-4-15-9-7(11(14)18)6-16-10(12)8(9)13/h6H,3-5H2,1-2H3,(H2,14,18)(H,15,16). The molecule has 3 N–H and O–H groups in total. The fraction of sp³-hybridized carbons (Fsp3) is 0.455. The second-order valence-electron chi connectivity index (χ2n) is 4.10. The summed E-state index contributed by atoms with van der Waals surface area (Å²) in [6.45, 7) is 1.36. The number of carbonyl (C=O) groups is 1. The number of nitrogens with two attached hydrogens (primary N) is 1. The summed E-state index contributed by atoms with van der Waals surface area (Å²) in [7, 11) is 3.89. The van der Waals surface area contributed by atoms with E-state index in [2.05, 4.69) is 10.3 Å². The Morgan fingerprint density at radius 3 is 2.83 bits per heavy atom. The Labute approximate surface area is 110 Å². The van der Waals surface area contributed by atoms with Crippen molar-refractivity contribution in [3.05, 3.63) is 22.7 Å². The maximum Gasteiger partial charge on any atom is 0.252 e. The summed E-state index contributed by atoms with van der Waals surface area (Å²) in [5.74, 6) is -1.49. The van der Waals surface area contributed by atoms with Crippen molar-refractivity contribution in [2.45, 2.75) is 6.42 Å². The number of halogens is 2. The average molecular weight is 275 g/mol. The molecule has 0 aliphatic rings. The number of carbonyl (C=O) groups excluding carboxylic acids is 1. The Bertz CT molecular complexity index is 439. The number of amides is 1. The Balaban J connectivity index is 2.79. The van der Waals surface area contributed by atoms with Crippen LogP contribution in [0.25, 0.3) is 0 Å². The summed E-state index contributed by atoms with van der Waals surface area (Å²) in [6, 6.07) is 0. The van der Waals surface area contributed by atoms with Crippen LogP contribution in [0.3, 0.4) is 0 Å². The van der Waals surface area contributed by atoms with Gasteiger partial charge in [0, 0.05) is 12.7 Å². The molecule has 0 fully saturated rings. The van der Waals surface area contributed by atoms with Gasteiger partial charge >= 0.3 is 0 Å². The highest BCUT2D eigenvalue weighted by Gasteiger charge is 2.16. The van der Waals surface area contributed by atoms with E-state index in [-0.39, 0.29) is 16.4 Å². The van der Waals surface area contributed by atoms with Crippen molar-refractivity contribution in [3.8, 4) is 0 Å². The number of hydrogen-bond acceptors (Lipinski definition) is 4. The smallest absolute Gasteiger partial charge is 0.252 e. The van der Waals surface area contributed by atoms with Gasteiger partial charge in [0.25, 0.3) is 5.91 Å². The maximum atomic E-state index is 13.7. The Morgan fingerprint density at radius 2 is 2.28 bits per heavy atom. The molecule has 18 heavy (non-hydrogen) atoms. The minimum Gasteiger partial charge on any atom is -0.382 e. The van der Waals surface area contributed by atoms with E-state index in [4.69, 9.17) is 17.3 Å². The molecular formula is C11H16ClFN4O. The first-order chi connectivity index (χ1) is 8.43. The number of nitrogens with zero attached hydrogens (tertiary/aromatic N) is 2. The van der Waals surface area contributed by atoms with Crippen molar-refractivity contribution in [3.63, 3.8) is 0 Å². The van der Waals surface area contributed by atoms with E-state index in [9.17, 15) is 9.18 Å². The number of rotatable bonds is 6. The Hall–Kier alpha value is -1.40. The van der Waals surface area contributed by atoms with Gasteiger partial charge in [-0.25, -0.2) is 9.37 Å². The summed E-state index contributed by atoms with van der Waals surface area (Å²) in [6.07, 6.45) is 1.96. The van der Waals surface area contributed by atoms with E-state index in [0.29, 0.717) is 6.54 Å². The second kappa shape index (κ2) is 6.51. The van der Waals surface area contributed by atoms with E-state index in [0.717, 1.165) is 13.0 Å². The van der Waals surface area contributed by atoms with Crippen LogP contribution in [-0.4, -0.2) is 43.0 Å². The molecule has 0 aliphatic heterocycles. The summed E-state index contributed by atoms with van der Waals surface area (Å²) in [4.78, 5) is 16.7. The minimum absolute atomic E-state index is 0.00162. The highest BCUT2D eigenvalue weighted by molar-refractivity contribution is 6.30. The molecule has 0 spiro atoms. The highest BCUT2D eigenvalue weighted by atomic mass is 35.5. The van der Waals surface area contributed by atoms with Crippen molar-refractivity contribution in [2.24, 2.45) is 5.73 Å². The third kappa shape index (κ3) is 3.82. The van der Waals surface area contributed by atoms with Gasteiger partial charge in [0.1, 0.15) is 0 Å². The molecule has 5 nitrogen and oxygen atoms in total. The van der Waals surface area contributed by atoms with E-state index >= 15 is 0 Å². The zero-order valence-corrected chi connectivity index (χ0v) is 11.1. The molecule has 1 aromatic heterocycles. The first-order valence-electron chi connectivity index (χ1n) is 5.46. The quantitative estimate of drug-likeness (QED) is 0.607. The SMILES string of the molecule is CN(C)CCCNc1c(C(N)=O)cnc(Cl)c1F. The van der Waals surface area contributed by atoms with E-state index < -0.39 is 11.7 Å². The topological polar surface area (TPSA) is 71.2 Å². The number of pyridine rings is 1. The van der Waals surface area contributed by atoms with Crippen molar-refractivity contribution in [2.75, 3.05) is 32.5 Å². The van der Waals surface area contributed by atoms with Crippen LogP contribution in [0.1, 0.15) is 16.8 Å². The Kier molecular flexibility index (Phi) is 5.30. The van der Waals surface area contributed by atoms with Gasteiger partial charge in [0.2, 0.25) is 0 Å². The number of aromatic nitrogens is 1. The molecule has 0 aromatic carbocycles. The summed E-state index contributed by atoms with van der Waals surface area (Å²) in [5.41, 5.74) is 5.17. The molecule has 1 amide bonds. The molecule has 100 valence electrons. The van der Waals surface area contributed by atoms with Gasteiger partial charge in [-0.2, -0.15) is 0 Å². The first-order valence-corrected chi connectivity index (χ1v) is 5.83. The van der Waals surface area contributed by atoms with Gasteiger partial charge in [0.15, 0.2) is 11.0 Å². The lowest BCUT2D eigenvalue weighted by Crippen LogP contribution is -2.19. The summed E-state index contributed by atoms with van der Waals surface area (Å²) < 4.78 is 13.7. The average Bonchev–Trinajstić information content (AvgIpc) is 2.29. The molecular weight excluding hydrogens is 259 g/mol. The van der Waals surface area contributed by atoms with Gasteiger partial charge < -0.3 is 16.0 Å². The largest absolute Gasteiger partial charge is 0.382 e. The minimum atomic E-state index is -0.752. The second-order valence-corrected chi connectivity index (χ2v) is 4.46. The molecule has 0 aliphatic carbocycles. The molecule has 0 atom stereocenters. The third-order valence-electron chi connectivity index (χ3n) is 2.33. The van der Waals surface area contributed by atoms with Crippen molar-refractivity contribution in [1.29, 1.82) is 0 Å². The molecule has 7 heteroatoms. The van der Waals surface area contributed by atoms with Crippen LogP contribution in [-0.2, 0) is 0 Å². The third-order valence-corrected chi connectivity index (χ3v) is 2.59. The maximum absolute atomic E-state index is 13.7. The molecule has 0 bridgehead atoms. The van der Waals surface area contributed by atoms with Gasteiger partial charge in [0.05, 0.1) is 11.3 Å². The number of primary amides is 1. The lowest BCUT2D eigenvalue weighted by molar-refractivity contribution is 0.100. The molecule has 0 unspecified atom stereocenters. The van der Waals surface area contributed by atoms with Crippen LogP contribution in [0.2, 0.25) is 5.15 Å². The highest BCUT2D eigenvalue weighted by Crippen LogP contribution is 2.24. The monoisotopic (exact) mass is 274 g/mol. The van der Waals surface area contributed by atoms with Crippen molar-refractivity contribution in [1.82, 2.24) is 9.88 Å². The van der Waals surface area contributed by atoms with Crippen LogP contribution < -0.4 is 11.1 Å². The molecule has 1 rings (SSSR count). The molecule has 1 heterocycles. The van der Waals surface area contributed by atoms with Crippen molar-refractivity contribution < 1.29 is 9.18 Å². The number of hydrogen-bond donors (Lipinski definition) is 2. The van der Waals surface area contributed by atoms with Crippen LogP contribution in [0.4, 0.5) is 10.1 Å². The van der Waals surface area contributed by atoms with Gasteiger partial charge in [-0.3, -0.25) is 4.79 Å². The van der Waals surface area contributed by atoms with Crippen LogP contribution >= 0.6 is 11.6 Å². The summed E-state index contributed by atoms with van der Waals surface area (Å²) in [5, 5.41) is 2.55. The summed E-state index contributed by atoms with van der Waals surface area (Å²) >= 11 is 5.57. The lowest BCUT2D eigenvalue weighted by Gasteiger charge is -2.13. The predicted octanol–water partition coefficient (Wildman–Crippen LogP) is 1.34. The fourth-order valence-electron chi connectivity index (χ4n) is 1.43. The Morgan fingerprint density at radius 1 is 1.61 bits per heavy atom. The lowest BCUT2D eigenvalue weighted by atomic mass is 10.2. The van der Waals surface area contributed by atoms with E-state index in [1.54, 1.807) is 0 Å². The van der Waals surface area contributed by atoms with E-state index in [1.165, 1.54) is 6.20 Å². The number of nitrogens with one attached hydrogen (secondary N) is 1. The molecule has 0 radical (unpaired) electrons. The van der Waals surface area contributed by atoms with Gasteiger partial charge in [-0.15, -0.1) is 0 Å². The zero-order chi connectivity index (χ0) is 13.7. The molecule has 1 aromatic rings. The fourth-order valence-corrected chi connectivity index (χ4v) is 1.58. The van der Waals surface area contributed by atoms with Gasteiger partial charge in [-0.05, 0) is 27.1 Å². The normalized spacial score (nSPS) is 10.7. The van der Waals surface area contributed by atoms with Gasteiger partial charge in [-0.1, -0.05) is 11.6 Å². The van der Waals surface area contributed by atoms with Crippen LogP contribution in [0.15, 0.2) is 6.20 Å².